The van der Waals surface area contributed by atoms with Gasteiger partial charge in [0, 0.05) is 0 Å². The van der Waals surface area contributed by atoms with E-state index >= 15 is 0 Å². The van der Waals surface area contributed by atoms with Gasteiger partial charge in [-0.25, -0.2) is 0 Å². The van der Waals surface area contributed by atoms with Crippen LogP contribution in [0.5, 0.6) is 0 Å². The Bertz CT molecular complexity index is 117. The number of ether oxygens (including phenoxy) is 3. The first-order valence-corrected chi connectivity index (χ1v) is 5.50. The van der Waals surface area contributed by atoms with E-state index in [0.717, 1.165) is 0 Å². The summed E-state index contributed by atoms with van der Waals surface area (Å²) < 4.78 is 16.1. The van der Waals surface area contributed by atoms with Gasteiger partial charge in [-0.05, 0) is 27.7 Å². The highest BCUT2D eigenvalue weighted by Gasteiger charge is 2.11. The molecule has 0 spiro atoms. The van der Waals surface area contributed by atoms with Gasteiger partial charge in [0.15, 0.2) is 0 Å². The van der Waals surface area contributed by atoms with Gasteiger partial charge >= 0.3 is 0 Å². The fourth-order valence-electron chi connectivity index (χ4n) is 0.833. The number of halogens is 1. The Labute approximate surface area is 91.7 Å². The van der Waals surface area contributed by atoms with E-state index in [1.54, 1.807) is 0 Å². The van der Waals surface area contributed by atoms with Crippen LogP contribution in [0, 0.1) is 0 Å². The summed E-state index contributed by atoms with van der Waals surface area (Å²) in [6.07, 6.45) is 0.336. The third kappa shape index (κ3) is 8.75. The first-order valence-electron chi connectivity index (χ1n) is 4.97. The molecule has 4 heteroatoms. The Morgan fingerprint density at radius 1 is 0.857 bits per heavy atom. The third-order valence-electron chi connectivity index (χ3n) is 1.53. The second-order valence-electron chi connectivity index (χ2n) is 3.66. The maximum absolute atomic E-state index is 5.49. The van der Waals surface area contributed by atoms with Crippen LogP contribution in [0.1, 0.15) is 27.7 Å². The van der Waals surface area contributed by atoms with Crippen molar-refractivity contribution in [2.45, 2.75) is 46.0 Å². The van der Waals surface area contributed by atoms with E-state index in [-0.39, 0.29) is 24.4 Å². The molecule has 0 atom stereocenters. The molecule has 0 N–H and O–H groups in total. The number of hydrogen-bond donors (Lipinski definition) is 0. The molecule has 14 heavy (non-hydrogen) atoms. The quantitative estimate of drug-likeness (QED) is 0.593. The lowest BCUT2D eigenvalue weighted by molar-refractivity contribution is -0.0705. The summed E-state index contributed by atoms with van der Waals surface area (Å²) in [6, 6.07) is 0.174. The molecule has 0 rings (SSSR count). The van der Waals surface area contributed by atoms with Crippen LogP contribution in [0.4, 0.5) is 0 Å². The Balaban J connectivity index is 3.65. The molecular weight excluding hydrogens is 204 g/mol. The normalized spacial score (nSPS) is 12.0. The average molecular weight is 225 g/mol. The van der Waals surface area contributed by atoms with E-state index in [9.17, 15) is 0 Å². The lowest BCUT2D eigenvalue weighted by atomic mass is 10.4. The molecule has 0 aliphatic heterocycles. The van der Waals surface area contributed by atoms with Crippen molar-refractivity contribution in [3.05, 3.63) is 0 Å². The van der Waals surface area contributed by atoms with E-state index in [2.05, 4.69) is 0 Å². The van der Waals surface area contributed by atoms with Crippen molar-refractivity contribution >= 4 is 11.6 Å². The minimum atomic E-state index is -0.0719. The van der Waals surface area contributed by atoms with E-state index in [1.165, 1.54) is 0 Å². The summed E-state index contributed by atoms with van der Waals surface area (Å²) >= 11 is 5.49. The highest BCUT2D eigenvalue weighted by Crippen LogP contribution is 2.01. The zero-order valence-corrected chi connectivity index (χ0v) is 10.2. The van der Waals surface area contributed by atoms with Gasteiger partial charge in [0.2, 0.25) is 0 Å². The Hall–Kier alpha value is 0.170. The predicted octanol–water partition coefficient (Wildman–Crippen LogP) is 2.42. The lowest BCUT2D eigenvalue weighted by Gasteiger charge is -2.19. The highest BCUT2D eigenvalue weighted by molar-refractivity contribution is 6.17. The molecule has 0 radical (unpaired) electrons. The van der Waals surface area contributed by atoms with E-state index in [0.29, 0.717) is 13.2 Å². The van der Waals surface area contributed by atoms with Crippen molar-refractivity contribution in [1.82, 2.24) is 0 Å². The van der Waals surface area contributed by atoms with Gasteiger partial charge in [-0.2, -0.15) is 0 Å². The summed E-state index contributed by atoms with van der Waals surface area (Å²) in [5.41, 5.74) is 0. The van der Waals surface area contributed by atoms with Gasteiger partial charge in [0.05, 0.1) is 25.4 Å². The Morgan fingerprint density at radius 2 is 1.29 bits per heavy atom. The molecule has 0 saturated carbocycles. The first kappa shape index (κ1) is 14.2. The molecule has 0 aromatic heterocycles. The van der Waals surface area contributed by atoms with E-state index in [4.69, 9.17) is 25.8 Å². The third-order valence-corrected chi connectivity index (χ3v) is 1.66. The van der Waals surface area contributed by atoms with Crippen LogP contribution < -0.4 is 0 Å². The van der Waals surface area contributed by atoms with Crippen molar-refractivity contribution in [2.75, 3.05) is 19.3 Å². The maximum Gasteiger partial charge on any atom is 0.121 e. The monoisotopic (exact) mass is 224 g/mol. The average Bonchev–Trinajstić information content (AvgIpc) is 2.09. The topological polar surface area (TPSA) is 27.7 Å². The summed E-state index contributed by atoms with van der Waals surface area (Å²) in [6.45, 7) is 9.00. The summed E-state index contributed by atoms with van der Waals surface area (Å²) in [5.74, 6) is 0. The molecule has 0 unspecified atom stereocenters. The van der Waals surface area contributed by atoms with Crippen molar-refractivity contribution in [2.24, 2.45) is 0 Å². The molecule has 0 fully saturated rings. The summed E-state index contributed by atoms with van der Waals surface area (Å²) in [4.78, 5) is 0. The molecule has 3 nitrogen and oxygen atoms in total. The molecule has 0 bridgehead atoms. The van der Waals surface area contributed by atoms with Crippen LogP contribution in [0.15, 0.2) is 0 Å². The van der Waals surface area contributed by atoms with Crippen LogP contribution in [-0.2, 0) is 14.2 Å². The van der Waals surface area contributed by atoms with Crippen molar-refractivity contribution in [1.29, 1.82) is 0 Å². The van der Waals surface area contributed by atoms with Crippen molar-refractivity contribution in [3.8, 4) is 0 Å². The molecule has 0 amide bonds. The van der Waals surface area contributed by atoms with Crippen LogP contribution in [0.25, 0.3) is 0 Å². The molecule has 0 heterocycles. The molecule has 0 aromatic carbocycles. The minimum absolute atomic E-state index is 0.0719. The first-order chi connectivity index (χ1) is 6.56. The van der Waals surface area contributed by atoms with Crippen LogP contribution in [-0.4, -0.2) is 37.6 Å². The fraction of sp³-hybridized carbons (Fsp3) is 1.00. The second-order valence-corrected chi connectivity index (χ2v) is 3.88. The Morgan fingerprint density at radius 3 is 1.57 bits per heavy atom. The SMILES string of the molecule is CC(C)OCC(COC(C)C)OCCl. The summed E-state index contributed by atoms with van der Waals surface area (Å²) in [7, 11) is 0. The largest absolute Gasteiger partial charge is 0.376 e. The zero-order chi connectivity index (χ0) is 11.0. The van der Waals surface area contributed by atoms with Gasteiger partial charge in [0.1, 0.15) is 12.2 Å². The minimum Gasteiger partial charge on any atom is -0.376 e. The molecule has 0 aliphatic carbocycles. The molecule has 0 aromatic rings. The van der Waals surface area contributed by atoms with Crippen molar-refractivity contribution < 1.29 is 14.2 Å². The molecule has 0 saturated heterocycles. The number of hydrogen-bond acceptors (Lipinski definition) is 3. The van der Waals surface area contributed by atoms with Gasteiger partial charge in [-0.15, -0.1) is 0 Å². The molecular formula is C10H21ClO3. The standard InChI is InChI=1S/C10H21ClO3/c1-8(2)12-5-10(14-7-11)6-13-9(3)4/h8-10H,5-7H2,1-4H3. The highest BCUT2D eigenvalue weighted by atomic mass is 35.5. The van der Waals surface area contributed by atoms with Crippen LogP contribution in [0.2, 0.25) is 0 Å². The van der Waals surface area contributed by atoms with E-state index < -0.39 is 0 Å². The molecule has 86 valence electrons. The Kier molecular flexibility index (Phi) is 8.58. The predicted molar refractivity (Wildman–Crippen MR) is 57.8 cm³/mol. The van der Waals surface area contributed by atoms with Crippen molar-refractivity contribution in [3.63, 3.8) is 0 Å². The summed E-state index contributed by atoms with van der Waals surface area (Å²) in [5, 5.41) is 0. The van der Waals surface area contributed by atoms with Crippen LogP contribution in [0.3, 0.4) is 0 Å². The van der Waals surface area contributed by atoms with Crippen LogP contribution >= 0.6 is 11.6 Å². The maximum atomic E-state index is 5.49. The smallest absolute Gasteiger partial charge is 0.121 e. The van der Waals surface area contributed by atoms with Gasteiger partial charge in [-0.3, -0.25) is 0 Å². The van der Waals surface area contributed by atoms with Gasteiger partial charge in [-0.1, -0.05) is 11.6 Å². The number of alkyl halides is 1. The fourth-order valence-corrected chi connectivity index (χ4v) is 1.01. The van der Waals surface area contributed by atoms with Gasteiger partial charge < -0.3 is 14.2 Å². The van der Waals surface area contributed by atoms with E-state index in [1.807, 2.05) is 27.7 Å². The zero-order valence-electron chi connectivity index (χ0n) is 9.46. The lowest BCUT2D eigenvalue weighted by Crippen LogP contribution is -2.28. The molecule has 0 aliphatic rings. The van der Waals surface area contributed by atoms with Gasteiger partial charge in [0.25, 0.3) is 0 Å². The second kappa shape index (κ2) is 8.48. The number of rotatable bonds is 8.